The summed E-state index contributed by atoms with van der Waals surface area (Å²) in [6, 6.07) is 5.87. The maximum Gasteiger partial charge on any atom is 0.271 e. The number of aromatic nitrogens is 3. The maximum absolute atomic E-state index is 12.3. The number of thiophene rings is 1. The summed E-state index contributed by atoms with van der Waals surface area (Å²) in [6.07, 6.45) is 0.926. The summed E-state index contributed by atoms with van der Waals surface area (Å²) in [4.78, 5) is 23.9. The Kier molecular flexibility index (Phi) is 6.65. The van der Waals surface area contributed by atoms with Gasteiger partial charge in [-0.1, -0.05) is 24.8 Å². The number of benzene rings is 1. The lowest BCUT2D eigenvalue weighted by Gasteiger charge is -2.08. The highest BCUT2D eigenvalue weighted by Gasteiger charge is 2.19. The minimum absolute atomic E-state index is 0.0661. The standard InChI is InChI=1S/C19H21N5O3S2/c1-4-15-12(3)28-10-16(15)18-21-22-19(23(18)5-2)29-11-17(25)20-13-7-6-8-14(9-13)24(26)27/h6-10H,4-5,11H2,1-3H3,(H,20,25). The third-order valence-electron chi connectivity index (χ3n) is 4.40. The molecule has 0 saturated carbocycles. The molecule has 0 atom stereocenters. The number of carbonyl (C=O) groups is 1. The average Bonchev–Trinajstić information content (AvgIpc) is 3.28. The normalized spacial score (nSPS) is 10.9. The van der Waals surface area contributed by atoms with Crippen molar-refractivity contribution in [2.24, 2.45) is 0 Å². The number of nitro groups is 1. The summed E-state index contributed by atoms with van der Waals surface area (Å²) in [5.41, 5.74) is 2.70. The fourth-order valence-corrected chi connectivity index (χ4v) is 4.75. The smallest absolute Gasteiger partial charge is 0.271 e. The van der Waals surface area contributed by atoms with Crippen LogP contribution in [0.5, 0.6) is 0 Å². The van der Waals surface area contributed by atoms with Crippen molar-refractivity contribution in [3.63, 3.8) is 0 Å². The van der Waals surface area contributed by atoms with E-state index in [-0.39, 0.29) is 17.3 Å². The molecule has 0 aliphatic rings. The second-order valence-electron chi connectivity index (χ2n) is 6.23. The molecule has 152 valence electrons. The molecular weight excluding hydrogens is 410 g/mol. The van der Waals surface area contributed by atoms with Gasteiger partial charge < -0.3 is 9.88 Å². The Bertz CT molecular complexity index is 1040. The number of nitro benzene ring substituents is 1. The maximum atomic E-state index is 12.3. The van der Waals surface area contributed by atoms with Gasteiger partial charge in [-0.05, 0) is 31.9 Å². The molecule has 0 aliphatic carbocycles. The summed E-state index contributed by atoms with van der Waals surface area (Å²) in [5.74, 6) is 0.683. The van der Waals surface area contributed by atoms with E-state index in [1.807, 2.05) is 11.5 Å². The number of non-ortho nitro benzene ring substituents is 1. The molecule has 10 heteroatoms. The fraction of sp³-hybridized carbons (Fsp3) is 0.316. The Morgan fingerprint density at radius 3 is 2.83 bits per heavy atom. The van der Waals surface area contributed by atoms with Crippen molar-refractivity contribution >= 4 is 40.4 Å². The first-order valence-electron chi connectivity index (χ1n) is 9.12. The lowest BCUT2D eigenvalue weighted by Crippen LogP contribution is -2.14. The highest BCUT2D eigenvalue weighted by Crippen LogP contribution is 2.32. The van der Waals surface area contributed by atoms with E-state index < -0.39 is 4.92 Å². The number of rotatable bonds is 8. The van der Waals surface area contributed by atoms with Gasteiger partial charge in [-0.2, -0.15) is 0 Å². The zero-order valence-electron chi connectivity index (χ0n) is 16.3. The molecule has 29 heavy (non-hydrogen) atoms. The number of carbonyl (C=O) groups excluding carboxylic acids is 1. The monoisotopic (exact) mass is 431 g/mol. The predicted octanol–water partition coefficient (Wildman–Crippen LogP) is 4.54. The number of nitrogens with one attached hydrogen (secondary N) is 1. The number of amides is 1. The highest BCUT2D eigenvalue weighted by atomic mass is 32.2. The first-order chi connectivity index (χ1) is 13.9. The van der Waals surface area contributed by atoms with Crippen LogP contribution in [0.4, 0.5) is 11.4 Å². The number of hydrogen-bond acceptors (Lipinski definition) is 7. The van der Waals surface area contributed by atoms with Crippen molar-refractivity contribution in [2.75, 3.05) is 11.1 Å². The molecule has 3 aromatic rings. The Morgan fingerprint density at radius 2 is 2.14 bits per heavy atom. The van der Waals surface area contributed by atoms with Gasteiger partial charge in [0.25, 0.3) is 5.69 Å². The van der Waals surface area contributed by atoms with Crippen LogP contribution in [0.15, 0.2) is 34.8 Å². The Morgan fingerprint density at radius 1 is 1.34 bits per heavy atom. The van der Waals surface area contributed by atoms with Crippen molar-refractivity contribution < 1.29 is 9.72 Å². The third kappa shape index (κ3) is 4.65. The largest absolute Gasteiger partial charge is 0.325 e. The molecule has 2 heterocycles. The van der Waals surface area contributed by atoms with Crippen LogP contribution >= 0.6 is 23.1 Å². The van der Waals surface area contributed by atoms with Crippen LogP contribution in [0.3, 0.4) is 0 Å². The number of nitrogens with zero attached hydrogens (tertiary/aromatic N) is 4. The van der Waals surface area contributed by atoms with Crippen molar-refractivity contribution in [3.05, 3.63) is 50.2 Å². The van der Waals surface area contributed by atoms with E-state index >= 15 is 0 Å². The molecule has 3 rings (SSSR count). The molecule has 0 radical (unpaired) electrons. The van der Waals surface area contributed by atoms with E-state index in [2.05, 4.69) is 34.7 Å². The quantitative estimate of drug-likeness (QED) is 0.319. The van der Waals surface area contributed by atoms with E-state index in [9.17, 15) is 14.9 Å². The van der Waals surface area contributed by atoms with E-state index in [0.29, 0.717) is 17.4 Å². The van der Waals surface area contributed by atoms with Crippen LogP contribution in [0, 0.1) is 17.0 Å². The zero-order chi connectivity index (χ0) is 21.0. The second-order valence-corrected chi connectivity index (χ2v) is 8.26. The van der Waals surface area contributed by atoms with Gasteiger partial charge in [-0.25, -0.2) is 0 Å². The van der Waals surface area contributed by atoms with E-state index in [4.69, 9.17) is 0 Å². The first kappa shape index (κ1) is 21.0. The zero-order valence-corrected chi connectivity index (χ0v) is 18.0. The number of hydrogen-bond donors (Lipinski definition) is 1. The number of thioether (sulfide) groups is 1. The molecule has 0 saturated heterocycles. The van der Waals surface area contributed by atoms with Crippen LogP contribution in [-0.2, 0) is 17.8 Å². The Hall–Kier alpha value is -2.72. The van der Waals surface area contributed by atoms with Crippen LogP contribution in [0.2, 0.25) is 0 Å². The first-order valence-corrected chi connectivity index (χ1v) is 11.0. The lowest BCUT2D eigenvalue weighted by atomic mass is 10.1. The van der Waals surface area contributed by atoms with Gasteiger partial charge in [0.2, 0.25) is 5.91 Å². The SMILES string of the molecule is CCc1c(-c2nnc(SCC(=O)Nc3cccc([N+](=O)[O-])c3)n2CC)csc1C. The van der Waals surface area contributed by atoms with Gasteiger partial charge in [-0.3, -0.25) is 14.9 Å². The molecule has 8 nitrogen and oxygen atoms in total. The molecule has 1 N–H and O–H groups in total. The van der Waals surface area contributed by atoms with E-state index in [0.717, 1.165) is 17.8 Å². The van der Waals surface area contributed by atoms with Crippen LogP contribution in [-0.4, -0.2) is 31.3 Å². The van der Waals surface area contributed by atoms with Crippen LogP contribution < -0.4 is 5.32 Å². The molecule has 0 aliphatic heterocycles. The second kappa shape index (κ2) is 9.19. The summed E-state index contributed by atoms with van der Waals surface area (Å²) < 4.78 is 2.01. The van der Waals surface area contributed by atoms with Gasteiger partial charge >= 0.3 is 0 Å². The molecule has 2 aromatic heterocycles. The molecular formula is C19H21N5O3S2. The molecule has 1 aromatic carbocycles. The molecule has 0 fully saturated rings. The minimum atomic E-state index is -0.494. The Labute approximate surface area is 176 Å². The topological polar surface area (TPSA) is 103 Å². The van der Waals surface area contributed by atoms with Crippen molar-refractivity contribution in [1.82, 2.24) is 14.8 Å². The molecule has 0 bridgehead atoms. The predicted molar refractivity (Wildman–Crippen MR) is 116 cm³/mol. The Balaban J connectivity index is 1.71. The van der Waals surface area contributed by atoms with Crippen molar-refractivity contribution in [1.29, 1.82) is 0 Å². The fourth-order valence-electron chi connectivity index (χ4n) is 3.01. The minimum Gasteiger partial charge on any atom is -0.325 e. The molecule has 0 spiro atoms. The molecule has 1 amide bonds. The summed E-state index contributed by atoms with van der Waals surface area (Å²) in [7, 11) is 0. The summed E-state index contributed by atoms with van der Waals surface area (Å²) in [6.45, 7) is 6.94. The van der Waals surface area contributed by atoms with Gasteiger partial charge in [0.1, 0.15) is 0 Å². The van der Waals surface area contributed by atoms with E-state index in [1.165, 1.54) is 40.4 Å². The van der Waals surface area contributed by atoms with Gasteiger partial charge in [0.05, 0.1) is 10.7 Å². The average molecular weight is 432 g/mol. The summed E-state index contributed by atoms with van der Waals surface area (Å²) >= 11 is 2.99. The van der Waals surface area contributed by atoms with Crippen molar-refractivity contribution in [3.8, 4) is 11.4 Å². The van der Waals surface area contributed by atoms with Crippen molar-refractivity contribution in [2.45, 2.75) is 38.9 Å². The lowest BCUT2D eigenvalue weighted by molar-refractivity contribution is -0.384. The van der Waals surface area contributed by atoms with Crippen LogP contribution in [0.1, 0.15) is 24.3 Å². The highest BCUT2D eigenvalue weighted by molar-refractivity contribution is 7.99. The van der Waals surface area contributed by atoms with Crippen LogP contribution in [0.25, 0.3) is 11.4 Å². The third-order valence-corrected chi connectivity index (χ3v) is 6.32. The van der Waals surface area contributed by atoms with E-state index in [1.54, 1.807) is 17.4 Å². The van der Waals surface area contributed by atoms with Gasteiger partial charge in [0.15, 0.2) is 11.0 Å². The van der Waals surface area contributed by atoms with Gasteiger partial charge in [0, 0.05) is 40.2 Å². The molecule has 0 unspecified atom stereocenters. The summed E-state index contributed by atoms with van der Waals surface area (Å²) in [5, 5.41) is 25.0. The number of aryl methyl sites for hydroxylation is 1. The van der Waals surface area contributed by atoms with Gasteiger partial charge in [-0.15, -0.1) is 21.5 Å². The number of anilines is 1.